The minimum Gasteiger partial charge on any atom is -0.322 e. The molecule has 0 unspecified atom stereocenters. The highest BCUT2D eigenvalue weighted by Gasteiger charge is 2.22. The van der Waals surface area contributed by atoms with Gasteiger partial charge in [-0.15, -0.1) is 0 Å². The highest BCUT2D eigenvalue weighted by atomic mass is 35.5. The number of carbonyl (C=O) groups excluding carboxylic acids is 2. The van der Waals surface area contributed by atoms with Gasteiger partial charge >= 0.3 is 0 Å². The van der Waals surface area contributed by atoms with Gasteiger partial charge in [0, 0.05) is 23.5 Å². The van der Waals surface area contributed by atoms with Gasteiger partial charge < -0.3 is 10.2 Å². The monoisotopic (exact) mass is 404 g/mol. The van der Waals surface area contributed by atoms with E-state index in [1.54, 1.807) is 48.5 Å². The van der Waals surface area contributed by atoms with Crippen molar-refractivity contribution in [2.45, 2.75) is 19.3 Å². The molecular formula is C24H21ClN2O2. The van der Waals surface area contributed by atoms with E-state index >= 15 is 0 Å². The quantitative estimate of drug-likeness (QED) is 0.619. The van der Waals surface area contributed by atoms with Gasteiger partial charge in [0.05, 0.1) is 10.6 Å². The molecule has 1 aliphatic rings. The lowest BCUT2D eigenvalue weighted by Crippen LogP contribution is -2.31. The van der Waals surface area contributed by atoms with Crippen LogP contribution >= 0.6 is 11.6 Å². The van der Waals surface area contributed by atoms with Crippen molar-refractivity contribution in [3.05, 3.63) is 94.5 Å². The minimum atomic E-state index is -0.281. The second-order valence-electron chi connectivity index (χ2n) is 7.05. The number of aryl methyl sites for hydroxylation is 1. The smallest absolute Gasteiger partial charge is 0.258 e. The van der Waals surface area contributed by atoms with Gasteiger partial charge in [-0.1, -0.05) is 41.9 Å². The number of hydrogen-bond acceptors (Lipinski definition) is 2. The highest BCUT2D eigenvalue weighted by Crippen LogP contribution is 2.28. The molecule has 1 aliphatic heterocycles. The zero-order valence-electron chi connectivity index (χ0n) is 15.9. The number of carbonyl (C=O) groups is 2. The molecule has 0 atom stereocenters. The third-order valence-electron chi connectivity index (χ3n) is 5.11. The fourth-order valence-corrected chi connectivity index (χ4v) is 3.82. The van der Waals surface area contributed by atoms with Crippen LogP contribution in [-0.2, 0) is 6.42 Å². The first-order valence-electron chi connectivity index (χ1n) is 9.69. The number of fused-ring (bicyclic) bond motifs is 1. The molecule has 4 nitrogen and oxygen atoms in total. The van der Waals surface area contributed by atoms with Crippen molar-refractivity contribution in [1.29, 1.82) is 0 Å². The maximum Gasteiger partial charge on any atom is 0.258 e. The van der Waals surface area contributed by atoms with E-state index < -0.39 is 0 Å². The number of nitrogens with zero attached hydrogens (tertiary/aromatic N) is 1. The molecule has 0 radical (unpaired) electrons. The molecule has 29 heavy (non-hydrogen) atoms. The largest absolute Gasteiger partial charge is 0.322 e. The first-order valence-corrected chi connectivity index (χ1v) is 10.1. The SMILES string of the molecule is O=C(Nc1ccc(C(=O)N2CCCCc3ccccc32)cc1)c1ccccc1Cl. The molecule has 0 saturated carbocycles. The van der Waals surface area contributed by atoms with E-state index in [0.717, 1.165) is 24.9 Å². The Balaban J connectivity index is 1.51. The molecule has 5 heteroatoms. The molecule has 0 aromatic heterocycles. The Kier molecular flexibility index (Phi) is 5.63. The Bertz CT molecular complexity index is 1050. The summed E-state index contributed by atoms with van der Waals surface area (Å²) in [5.74, 6) is -0.306. The molecular weight excluding hydrogens is 384 g/mol. The van der Waals surface area contributed by atoms with Gasteiger partial charge in [-0.25, -0.2) is 0 Å². The average Bonchev–Trinajstić information content (AvgIpc) is 2.96. The van der Waals surface area contributed by atoms with Crippen LogP contribution in [0, 0.1) is 0 Å². The van der Waals surface area contributed by atoms with Crippen LogP contribution < -0.4 is 10.2 Å². The van der Waals surface area contributed by atoms with Gasteiger partial charge in [-0.05, 0) is 67.3 Å². The Morgan fingerprint density at radius 3 is 2.38 bits per heavy atom. The standard InChI is InChI=1S/C24H21ClN2O2/c25-21-10-3-2-9-20(21)23(28)26-19-14-12-18(13-15-19)24(29)27-16-6-5-8-17-7-1-4-11-22(17)27/h1-4,7,9-15H,5-6,8,16H2,(H,26,28). The van der Waals surface area contributed by atoms with Crippen molar-refractivity contribution < 1.29 is 9.59 Å². The fraction of sp³-hybridized carbons (Fsp3) is 0.167. The van der Waals surface area contributed by atoms with Crippen LogP contribution in [0.3, 0.4) is 0 Å². The molecule has 0 fully saturated rings. The number of anilines is 2. The summed E-state index contributed by atoms with van der Waals surface area (Å²) < 4.78 is 0. The van der Waals surface area contributed by atoms with Crippen molar-refractivity contribution in [3.63, 3.8) is 0 Å². The first-order chi connectivity index (χ1) is 14.1. The second-order valence-corrected chi connectivity index (χ2v) is 7.46. The van der Waals surface area contributed by atoms with E-state index in [9.17, 15) is 9.59 Å². The normalized spacial score (nSPS) is 13.3. The molecule has 0 aliphatic carbocycles. The number of nitrogens with one attached hydrogen (secondary N) is 1. The van der Waals surface area contributed by atoms with E-state index in [0.29, 0.717) is 28.4 Å². The lowest BCUT2D eigenvalue weighted by Gasteiger charge is -2.23. The Hall–Kier alpha value is -3.11. The predicted octanol–water partition coefficient (Wildman–Crippen LogP) is 5.58. The number of hydrogen-bond donors (Lipinski definition) is 1. The van der Waals surface area contributed by atoms with Crippen molar-refractivity contribution in [3.8, 4) is 0 Å². The third kappa shape index (κ3) is 4.17. The van der Waals surface area contributed by atoms with Crippen molar-refractivity contribution in [2.24, 2.45) is 0 Å². The zero-order valence-corrected chi connectivity index (χ0v) is 16.7. The van der Waals surface area contributed by atoms with Gasteiger partial charge in [0.25, 0.3) is 11.8 Å². The summed E-state index contributed by atoms with van der Waals surface area (Å²) in [6, 6.07) is 22.0. The summed E-state index contributed by atoms with van der Waals surface area (Å²) in [5, 5.41) is 3.22. The fourth-order valence-electron chi connectivity index (χ4n) is 3.60. The van der Waals surface area contributed by atoms with Crippen molar-refractivity contribution in [1.82, 2.24) is 0 Å². The van der Waals surface area contributed by atoms with Gasteiger partial charge in [0.15, 0.2) is 0 Å². The summed E-state index contributed by atoms with van der Waals surface area (Å²) in [5.41, 5.74) is 3.82. The number of benzene rings is 3. The molecule has 1 heterocycles. The molecule has 0 bridgehead atoms. The number of halogens is 1. The Morgan fingerprint density at radius 1 is 0.862 bits per heavy atom. The van der Waals surface area contributed by atoms with Gasteiger partial charge in [0.1, 0.15) is 0 Å². The van der Waals surface area contributed by atoms with E-state index in [1.165, 1.54) is 5.56 Å². The summed E-state index contributed by atoms with van der Waals surface area (Å²) in [6.07, 6.45) is 3.05. The van der Waals surface area contributed by atoms with E-state index in [-0.39, 0.29) is 11.8 Å². The third-order valence-corrected chi connectivity index (χ3v) is 5.44. The topological polar surface area (TPSA) is 49.4 Å². The van der Waals surface area contributed by atoms with Crippen LogP contribution in [0.1, 0.15) is 39.1 Å². The van der Waals surface area contributed by atoms with Crippen molar-refractivity contribution >= 4 is 34.8 Å². The van der Waals surface area contributed by atoms with Crippen LogP contribution in [0.25, 0.3) is 0 Å². The maximum absolute atomic E-state index is 13.1. The zero-order chi connectivity index (χ0) is 20.2. The summed E-state index contributed by atoms with van der Waals surface area (Å²) in [4.78, 5) is 27.4. The molecule has 3 aromatic rings. The minimum absolute atomic E-state index is 0.0247. The van der Waals surface area contributed by atoms with Crippen LogP contribution in [0.2, 0.25) is 5.02 Å². The van der Waals surface area contributed by atoms with Crippen LogP contribution in [-0.4, -0.2) is 18.4 Å². The predicted molar refractivity (Wildman–Crippen MR) is 117 cm³/mol. The summed E-state index contributed by atoms with van der Waals surface area (Å²) in [6.45, 7) is 0.709. The molecule has 3 aromatic carbocycles. The molecule has 146 valence electrons. The molecule has 2 amide bonds. The number of amides is 2. The molecule has 0 spiro atoms. The Morgan fingerprint density at radius 2 is 1.59 bits per heavy atom. The van der Waals surface area contributed by atoms with Gasteiger partial charge in [-0.3, -0.25) is 9.59 Å². The molecule has 4 rings (SSSR count). The van der Waals surface area contributed by atoms with Crippen LogP contribution in [0.15, 0.2) is 72.8 Å². The maximum atomic E-state index is 13.1. The van der Waals surface area contributed by atoms with Crippen LogP contribution in [0.5, 0.6) is 0 Å². The summed E-state index contributed by atoms with van der Waals surface area (Å²) in [7, 11) is 0. The highest BCUT2D eigenvalue weighted by molar-refractivity contribution is 6.34. The first kappa shape index (κ1) is 19.2. The van der Waals surface area contributed by atoms with E-state index in [4.69, 9.17) is 11.6 Å². The van der Waals surface area contributed by atoms with Gasteiger partial charge in [-0.2, -0.15) is 0 Å². The van der Waals surface area contributed by atoms with E-state index in [2.05, 4.69) is 11.4 Å². The molecule has 1 N–H and O–H groups in total. The molecule has 0 saturated heterocycles. The average molecular weight is 405 g/mol. The Labute approximate surface area is 175 Å². The summed E-state index contributed by atoms with van der Waals surface area (Å²) >= 11 is 6.08. The number of para-hydroxylation sites is 1. The number of rotatable bonds is 3. The lowest BCUT2D eigenvalue weighted by atomic mass is 10.1. The second kappa shape index (κ2) is 8.50. The van der Waals surface area contributed by atoms with Crippen LogP contribution in [0.4, 0.5) is 11.4 Å². The lowest BCUT2D eigenvalue weighted by molar-refractivity contribution is 0.0985. The van der Waals surface area contributed by atoms with E-state index in [1.807, 2.05) is 23.1 Å². The van der Waals surface area contributed by atoms with Gasteiger partial charge in [0.2, 0.25) is 0 Å². The van der Waals surface area contributed by atoms with Crippen molar-refractivity contribution in [2.75, 3.05) is 16.8 Å².